The molecule has 0 aliphatic heterocycles. The fourth-order valence-electron chi connectivity index (χ4n) is 1.82. The van der Waals surface area contributed by atoms with Crippen LogP contribution in [0.2, 0.25) is 0 Å². The van der Waals surface area contributed by atoms with E-state index < -0.39 is 11.9 Å². The molecule has 1 aromatic carbocycles. The molecule has 7 heteroatoms. The van der Waals surface area contributed by atoms with Crippen molar-refractivity contribution in [2.75, 3.05) is 5.32 Å². The molecule has 0 saturated carbocycles. The minimum atomic E-state index is -0.617. The summed E-state index contributed by atoms with van der Waals surface area (Å²) in [7, 11) is 0. The van der Waals surface area contributed by atoms with E-state index in [1.165, 1.54) is 18.4 Å². The number of nitrogens with one attached hydrogen (secondary N) is 1. The predicted octanol–water partition coefficient (Wildman–Crippen LogP) is 4.11. The van der Waals surface area contributed by atoms with Gasteiger partial charge < -0.3 is 18.9 Å². The number of carbonyl (C=O) groups is 2. The van der Waals surface area contributed by atoms with Crippen molar-refractivity contribution in [3.05, 3.63) is 71.0 Å². The first-order valence-corrected chi connectivity index (χ1v) is 7.33. The largest absolute Gasteiger partial charge is 0.457 e. The Morgan fingerprint density at radius 2 is 1.91 bits per heavy atom. The number of amides is 1. The van der Waals surface area contributed by atoms with E-state index in [0.717, 1.165) is 0 Å². The second-order valence-corrected chi connectivity index (χ2v) is 5.23. The Bertz CT molecular complexity index is 838. The van der Waals surface area contributed by atoms with Gasteiger partial charge in [0.1, 0.15) is 5.75 Å². The summed E-state index contributed by atoms with van der Waals surface area (Å²) in [5.74, 6) is -0.488. The fourth-order valence-corrected chi connectivity index (χ4v) is 2.12. The first kappa shape index (κ1) is 15.1. The van der Waals surface area contributed by atoms with Gasteiger partial charge in [0, 0.05) is 11.8 Å². The molecule has 0 bridgehead atoms. The lowest BCUT2D eigenvalue weighted by Crippen LogP contribution is -2.11. The highest BCUT2D eigenvalue weighted by atomic mass is 79.9. The summed E-state index contributed by atoms with van der Waals surface area (Å²) in [5, 5.41) is 2.65. The van der Waals surface area contributed by atoms with Crippen LogP contribution in [0.5, 0.6) is 5.75 Å². The maximum atomic E-state index is 12.0. The van der Waals surface area contributed by atoms with Gasteiger partial charge in [-0.25, -0.2) is 4.79 Å². The number of hydrogen-bond donors (Lipinski definition) is 1. The van der Waals surface area contributed by atoms with E-state index in [2.05, 4.69) is 21.2 Å². The third-order valence-electron chi connectivity index (χ3n) is 2.82. The Morgan fingerprint density at radius 1 is 1.04 bits per heavy atom. The molecular formula is C16H10BrNO5. The quantitative estimate of drug-likeness (QED) is 0.548. The molecule has 23 heavy (non-hydrogen) atoms. The molecule has 6 nitrogen and oxygen atoms in total. The first-order chi connectivity index (χ1) is 11.1. The molecule has 1 amide bonds. The smallest absolute Gasteiger partial charge is 0.379 e. The van der Waals surface area contributed by atoms with Gasteiger partial charge in [-0.3, -0.25) is 4.79 Å². The number of esters is 1. The molecule has 3 rings (SSSR count). The molecule has 2 aromatic heterocycles. The monoisotopic (exact) mass is 375 g/mol. The maximum absolute atomic E-state index is 12.0. The van der Waals surface area contributed by atoms with Gasteiger partial charge in [0.25, 0.3) is 5.91 Å². The first-order valence-electron chi connectivity index (χ1n) is 6.54. The number of furan rings is 2. The summed E-state index contributed by atoms with van der Waals surface area (Å²) in [6.45, 7) is 0. The van der Waals surface area contributed by atoms with Crippen LogP contribution < -0.4 is 10.1 Å². The van der Waals surface area contributed by atoms with Gasteiger partial charge in [-0.05, 0) is 52.3 Å². The van der Waals surface area contributed by atoms with Crippen molar-refractivity contribution in [3.8, 4) is 5.75 Å². The van der Waals surface area contributed by atoms with Gasteiger partial charge in [-0.2, -0.15) is 0 Å². The van der Waals surface area contributed by atoms with E-state index in [9.17, 15) is 9.59 Å². The Kier molecular flexibility index (Phi) is 4.29. The van der Waals surface area contributed by atoms with Crippen LogP contribution in [-0.4, -0.2) is 11.9 Å². The third kappa shape index (κ3) is 3.70. The summed E-state index contributed by atoms with van der Waals surface area (Å²) < 4.78 is 15.8. The van der Waals surface area contributed by atoms with Crippen LogP contribution in [0.3, 0.4) is 0 Å². The van der Waals surface area contributed by atoms with Crippen molar-refractivity contribution in [1.82, 2.24) is 0 Å². The van der Waals surface area contributed by atoms with Crippen molar-refractivity contribution < 1.29 is 23.2 Å². The molecule has 0 spiro atoms. The van der Waals surface area contributed by atoms with Gasteiger partial charge >= 0.3 is 5.97 Å². The molecule has 1 N–H and O–H groups in total. The highest BCUT2D eigenvalue weighted by Gasteiger charge is 2.13. The van der Waals surface area contributed by atoms with E-state index in [1.807, 2.05) is 0 Å². The van der Waals surface area contributed by atoms with Gasteiger partial charge in [0.15, 0.2) is 10.4 Å². The topological polar surface area (TPSA) is 81.7 Å². The number of anilines is 1. The molecule has 0 aliphatic rings. The highest BCUT2D eigenvalue weighted by Crippen LogP contribution is 2.20. The Balaban J connectivity index is 1.70. The minimum Gasteiger partial charge on any atom is -0.457 e. The molecule has 3 aromatic rings. The standard InChI is InChI=1S/C16H10BrNO5/c17-14-7-6-12(23-14)15(19)18-10-3-1-4-11(9-10)22-16(20)13-5-2-8-21-13/h1-9H,(H,18,19). The van der Waals surface area contributed by atoms with Crippen molar-refractivity contribution in [2.24, 2.45) is 0 Å². The van der Waals surface area contributed by atoms with Gasteiger partial charge in [-0.15, -0.1) is 0 Å². The SMILES string of the molecule is O=C(Nc1cccc(OC(=O)c2ccco2)c1)c1ccc(Br)o1. The van der Waals surface area contributed by atoms with E-state index in [0.29, 0.717) is 10.4 Å². The van der Waals surface area contributed by atoms with Crippen LogP contribution in [0.4, 0.5) is 5.69 Å². The minimum absolute atomic E-state index is 0.0971. The van der Waals surface area contributed by atoms with Crippen molar-refractivity contribution in [3.63, 3.8) is 0 Å². The average molecular weight is 376 g/mol. The second kappa shape index (κ2) is 6.53. The van der Waals surface area contributed by atoms with E-state index in [-0.39, 0.29) is 17.3 Å². The zero-order valence-corrected chi connectivity index (χ0v) is 13.2. The lowest BCUT2D eigenvalue weighted by molar-refractivity contribution is 0.0701. The van der Waals surface area contributed by atoms with E-state index >= 15 is 0 Å². The van der Waals surface area contributed by atoms with Crippen LogP contribution in [0.25, 0.3) is 0 Å². The van der Waals surface area contributed by atoms with E-state index in [4.69, 9.17) is 13.6 Å². The zero-order valence-electron chi connectivity index (χ0n) is 11.6. The zero-order chi connectivity index (χ0) is 16.2. The van der Waals surface area contributed by atoms with Gasteiger partial charge in [-0.1, -0.05) is 6.07 Å². The summed E-state index contributed by atoms with van der Waals surface area (Å²) in [6.07, 6.45) is 1.38. The van der Waals surface area contributed by atoms with Crippen molar-refractivity contribution in [1.29, 1.82) is 0 Å². The Morgan fingerprint density at radius 3 is 2.61 bits per heavy atom. The number of rotatable bonds is 4. The van der Waals surface area contributed by atoms with Crippen molar-refractivity contribution in [2.45, 2.75) is 0 Å². The molecule has 116 valence electrons. The fraction of sp³-hybridized carbons (Fsp3) is 0. The summed E-state index contributed by atoms with van der Waals surface area (Å²) in [5.41, 5.74) is 0.465. The van der Waals surface area contributed by atoms with Gasteiger partial charge in [0.2, 0.25) is 5.76 Å². The number of benzene rings is 1. The summed E-state index contributed by atoms with van der Waals surface area (Å²) >= 11 is 3.13. The number of carbonyl (C=O) groups excluding carboxylic acids is 2. The third-order valence-corrected chi connectivity index (χ3v) is 3.25. The molecule has 0 aliphatic carbocycles. The lowest BCUT2D eigenvalue weighted by Gasteiger charge is -2.06. The van der Waals surface area contributed by atoms with Crippen molar-refractivity contribution >= 4 is 33.5 Å². The maximum Gasteiger partial charge on any atom is 0.379 e. The van der Waals surface area contributed by atoms with Crippen LogP contribution in [-0.2, 0) is 0 Å². The molecule has 0 saturated heterocycles. The number of hydrogen-bond acceptors (Lipinski definition) is 5. The molecule has 0 radical (unpaired) electrons. The van der Waals surface area contributed by atoms with E-state index in [1.54, 1.807) is 36.4 Å². The lowest BCUT2D eigenvalue weighted by atomic mass is 10.3. The molecular weight excluding hydrogens is 366 g/mol. The molecule has 0 unspecified atom stereocenters. The second-order valence-electron chi connectivity index (χ2n) is 4.45. The van der Waals surface area contributed by atoms with Crippen LogP contribution in [0, 0.1) is 0 Å². The average Bonchev–Trinajstić information content (AvgIpc) is 3.18. The summed E-state index contributed by atoms with van der Waals surface area (Å²) in [6, 6.07) is 12.7. The van der Waals surface area contributed by atoms with Crippen LogP contribution in [0.1, 0.15) is 21.1 Å². The van der Waals surface area contributed by atoms with Crippen LogP contribution in [0.15, 0.2) is 68.3 Å². The molecule has 0 atom stereocenters. The molecule has 0 fully saturated rings. The highest BCUT2D eigenvalue weighted by molar-refractivity contribution is 9.10. The normalized spacial score (nSPS) is 10.3. The molecule has 2 heterocycles. The van der Waals surface area contributed by atoms with Crippen LogP contribution >= 0.6 is 15.9 Å². The number of halogens is 1. The van der Waals surface area contributed by atoms with Gasteiger partial charge in [0.05, 0.1) is 6.26 Å². The number of ether oxygens (including phenoxy) is 1. The Labute approximate surface area is 139 Å². The summed E-state index contributed by atoms with van der Waals surface area (Å²) in [4.78, 5) is 23.8. The predicted molar refractivity (Wildman–Crippen MR) is 84.5 cm³/mol. The Hall–Kier alpha value is -2.80.